The Labute approximate surface area is 105 Å². The van der Waals surface area contributed by atoms with Gasteiger partial charge in [-0.05, 0) is 0 Å². The van der Waals surface area contributed by atoms with Crippen molar-refractivity contribution in [3.8, 4) is 0 Å². The predicted molar refractivity (Wildman–Crippen MR) is 69.5 cm³/mol. The first kappa shape index (κ1) is 17.4. The largest absolute Gasteiger partial charge is 1.00 e. The molecule has 0 bridgehead atoms. The van der Waals surface area contributed by atoms with Gasteiger partial charge in [0.25, 0.3) is 0 Å². The van der Waals surface area contributed by atoms with E-state index in [2.05, 4.69) is 46.2 Å². The number of rotatable bonds is 5. The van der Waals surface area contributed by atoms with Crippen LogP contribution < -0.4 is 18.9 Å². The fourth-order valence-corrected chi connectivity index (χ4v) is 13.1. The van der Waals surface area contributed by atoms with Crippen LogP contribution in [0, 0.1) is 5.16 Å². The van der Waals surface area contributed by atoms with Gasteiger partial charge >= 0.3 is 18.9 Å². The normalized spacial score (nSPS) is 12.9. The van der Waals surface area contributed by atoms with Crippen molar-refractivity contribution in [2.45, 2.75) is 65.5 Å². The van der Waals surface area contributed by atoms with Crippen molar-refractivity contribution in [1.82, 2.24) is 0 Å². The van der Waals surface area contributed by atoms with E-state index in [1.165, 1.54) is 19.3 Å². The molecular weight excluding hydrogens is 195 g/mol. The molecule has 0 aromatic rings. The first-order valence-corrected chi connectivity index (χ1v) is 12.6. The van der Waals surface area contributed by atoms with Gasteiger partial charge in [-0.1, -0.05) is 59.0 Å². The van der Waals surface area contributed by atoms with E-state index in [1.54, 1.807) is 0 Å². The van der Waals surface area contributed by atoms with Gasteiger partial charge in [-0.2, -0.15) is 6.42 Å². The van der Waals surface area contributed by atoms with Crippen molar-refractivity contribution in [3.63, 3.8) is 0 Å². The second-order valence-corrected chi connectivity index (χ2v) is 16.8. The van der Waals surface area contributed by atoms with E-state index < -0.39 is 16.1 Å². The first-order valence-electron chi connectivity index (χ1n) is 5.56. The van der Waals surface area contributed by atoms with Crippen LogP contribution in [-0.4, -0.2) is 16.1 Å². The Bertz CT molecular complexity index is 130. The molecule has 14 heavy (non-hydrogen) atoms. The molecule has 0 aliphatic carbocycles. The maximum absolute atomic E-state index is 2.51. The van der Waals surface area contributed by atoms with Gasteiger partial charge < -0.3 is 5.16 Å². The molecule has 0 spiro atoms. The van der Waals surface area contributed by atoms with Gasteiger partial charge in [0, 0.05) is 0 Å². The van der Waals surface area contributed by atoms with Gasteiger partial charge in [0.1, 0.15) is 0 Å². The van der Waals surface area contributed by atoms with E-state index in [1.807, 2.05) is 5.16 Å². The van der Waals surface area contributed by atoms with Crippen LogP contribution in [0.15, 0.2) is 0 Å². The van der Waals surface area contributed by atoms with Crippen molar-refractivity contribution in [2.75, 3.05) is 0 Å². The van der Waals surface area contributed by atoms with Gasteiger partial charge in [0.15, 0.2) is 0 Å². The van der Waals surface area contributed by atoms with E-state index in [0.29, 0.717) is 0 Å². The summed E-state index contributed by atoms with van der Waals surface area (Å²) in [5, 5.41) is 1.99. The van der Waals surface area contributed by atoms with Crippen LogP contribution in [0.3, 0.4) is 0 Å². The number of hydrogen-bond donors (Lipinski definition) is 0. The summed E-state index contributed by atoms with van der Waals surface area (Å²) in [6.45, 7) is 17.4. The zero-order chi connectivity index (χ0) is 10.7. The molecule has 0 heterocycles. The van der Waals surface area contributed by atoms with E-state index in [9.17, 15) is 0 Å². The molecule has 0 N–H and O–H groups in total. The van der Waals surface area contributed by atoms with Crippen molar-refractivity contribution < 1.29 is 18.9 Å². The zero-order valence-corrected chi connectivity index (χ0v) is 13.6. The Morgan fingerprint density at radius 3 is 1.43 bits per heavy atom. The second-order valence-electron chi connectivity index (χ2n) is 6.08. The smallest absolute Gasteiger partial charge is 0.312 e. The predicted octanol–water partition coefficient (Wildman–Crippen LogP) is 1.51. The van der Waals surface area contributed by atoms with Crippen molar-refractivity contribution >= 4 is 16.1 Å². The third-order valence-corrected chi connectivity index (χ3v) is 11.2. The SMILES string of the molecule is CCCC[C-]([Si](C)(C)C)[Si](C)(C)C.[Li+]. The number of unbranched alkanes of at least 4 members (excludes halogenated alkanes) is 1. The molecule has 0 fully saturated rings. The average Bonchev–Trinajstić information content (AvgIpc) is 1.81. The molecule has 0 unspecified atom stereocenters. The molecule has 0 aromatic heterocycles. The standard InChI is InChI=1S/C11H27Si2.Li/c1-8-9-10-11(12(2,3)4)13(5,6)7;/h8-10H2,1-7H3;/q-1;+1. The fourth-order valence-electron chi connectivity index (χ4n) is 2.23. The molecule has 0 aliphatic heterocycles. The third-order valence-electron chi connectivity index (χ3n) is 2.59. The van der Waals surface area contributed by atoms with Crippen molar-refractivity contribution in [1.29, 1.82) is 0 Å². The quantitative estimate of drug-likeness (QED) is 0.489. The van der Waals surface area contributed by atoms with Crippen molar-refractivity contribution in [3.05, 3.63) is 5.16 Å². The molecule has 0 nitrogen and oxygen atoms in total. The van der Waals surface area contributed by atoms with Crippen LogP contribution in [0.25, 0.3) is 0 Å². The summed E-state index contributed by atoms with van der Waals surface area (Å²) in [6.07, 6.45) is 4.17. The molecule has 0 rings (SSSR count). The topological polar surface area (TPSA) is 0 Å². The van der Waals surface area contributed by atoms with Crippen LogP contribution in [0.2, 0.25) is 39.3 Å². The summed E-state index contributed by atoms with van der Waals surface area (Å²) in [4.78, 5) is 0. The summed E-state index contributed by atoms with van der Waals surface area (Å²) < 4.78 is 0. The zero-order valence-electron chi connectivity index (χ0n) is 11.6. The van der Waals surface area contributed by atoms with Gasteiger partial charge in [-0.3, -0.25) is 0 Å². The fraction of sp³-hybridized carbons (Fsp3) is 0.909. The Hall–Kier alpha value is 1.03. The third kappa shape index (κ3) is 6.50. The van der Waals surface area contributed by atoms with Gasteiger partial charge in [-0.15, -0.1) is 16.1 Å². The van der Waals surface area contributed by atoms with E-state index in [4.69, 9.17) is 0 Å². The van der Waals surface area contributed by atoms with E-state index in [0.717, 1.165) is 0 Å². The molecule has 0 atom stereocenters. The molecule has 0 amide bonds. The summed E-state index contributed by atoms with van der Waals surface area (Å²) in [5.41, 5.74) is 0. The minimum Gasteiger partial charge on any atom is -0.312 e. The minimum absolute atomic E-state index is 0. The maximum atomic E-state index is 2.51. The number of hydrogen-bond acceptors (Lipinski definition) is 0. The molecule has 0 radical (unpaired) electrons. The molecule has 0 saturated carbocycles. The summed E-state index contributed by atoms with van der Waals surface area (Å²) in [7, 11) is -1.96. The van der Waals surface area contributed by atoms with Gasteiger partial charge in [0.05, 0.1) is 0 Å². The summed E-state index contributed by atoms with van der Waals surface area (Å²) >= 11 is 0. The first-order chi connectivity index (χ1) is 5.69. The van der Waals surface area contributed by atoms with E-state index in [-0.39, 0.29) is 18.9 Å². The molecule has 0 aromatic carbocycles. The summed E-state index contributed by atoms with van der Waals surface area (Å²) in [5.74, 6) is 0. The second kappa shape index (κ2) is 6.58. The molecular formula is C11H27LiSi2. The monoisotopic (exact) mass is 222 g/mol. The Morgan fingerprint density at radius 2 is 1.21 bits per heavy atom. The molecule has 3 heteroatoms. The van der Waals surface area contributed by atoms with E-state index >= 15 is 0 Å². The van der Waals surface area contributed by atoms with Gasteiger partial charge in [-0.25, -0.2) is 0 Å². The molecule has 0 saturated heterocycles. The molecule has 80 valence electrons. The minimum atomic E-state index is -0.981. The van der Waals surface area contributed by atoms with Crippen LogP contribution in [-0.2, 0) is 0 Å². The van der Waals surface area contributed by atoms with Crippen LogP contribution in [0.1, 0.15) is 26.2 Å². The van der Waals surface area contributed by atoms with Crippen LogP contribution in [0.5, 0.6) is 0 Å². The average molecular weight is 222 g/mol. The van der Waals surface area contributed by atoms with Crippen LogP contribution in [0.4, 0.5) is 0 Å². The Morgan fingerprint density at radius 1 is 0.857 bits per heavy atom. The Balaban J connectivity index is 0. The van der Waals surface area contributed by atoms with Crippen molar-refractivity contribution in [2.24, 2.45) is 0 Å². The van der Waals surface area contributed by atoms with Gasteiger partial charge in [0.2, 0.25) is 0 Å². The Kier molecular flexibility index (Phi) is 8.19. The summed E-state index contributed by atoms with van der Waals surface area (Å²) in [6, 6.07) is 0. The maximum Gasteiger partial charge on any atom is 1.00 e. The van der Waals surface area contributed by atoms with Crippen LogP contribution >= 0.6 is 0 Å². The molecule has 0 aliphatic rings.